The number of carboxylic acid groups (broad SMARTS) is 1. The number of carbonyl (C=O) groups excluding carboxylic acids is 1. The van der Waals surface area contributed by atoms with Crippen LogP contribution in [-0.2, 0) is 4.79 Å². The van der Waals surface area contributed by atoms with E-state index in [1.165, 1.54) is 16.7 Å². The van der Waals surface area contributed by atoms with E-state index >= 15 is 0 Å². The maximum absolute atomic E-state index is 12.5. The Morgan fingerprint density at radius 1 is 1.47 bits per heavy atom. The number of hydrogen-bond donors (Lipinski definition) is 1. The van der Waals surface area contributed by atoms with Gasteiger partial charge in [-0.15, -0.1) is 11.8 Å². The summed E-state index contributed by atoms with van der Waals surface area (Å²) in [5, 5.41) is 9.47. The molecule has 0 saturated carbocycles. The summed E-state index contributed by atoms with van der Waals surface area (Å²) in [7, 11) is 0. The first-order chi connectivity index (χ1) is 9.06. The lowest BCUT2D eigenvalue weighted by Crippen LogP contribution is -2.45. The molecule has 2 atom stereocenters. The van der Waals surface area contributed by atoms with Crippen molar-refractivity contribution in [2.45, 2.75) is 24.8 Å². The van der Waals surface area contributed by atoms with Crippen LogP contribution in [0.5, 0.6) is 0 Å². The molecule has 4 nitrogen and oxygen atoms in total. The lowest BCUT2D eigenvalue weighted by atomic mass is 10.1. The zero-order valence-electron chi connectivity index (χ0n) is 10.4. The van der Waals surface area contributed by atoms with E-state index in [9.17, 15) is 14.7 Å². The van der Waals surface area contributed by atoms with Crippen LogP contribution < -0.4 is 0 Å². The number of nitrogens with zero attached hydrogens (tertiary/aromatic N) is 1. The molecule has 0 bridgehead atoms. The molecule has 1 aromatic carbocycles. The molecule has 1 aliphatic heterocycles. The van der Waals surface area contributed by atoms with Crippen LogP contribution in [0.3, 0.4) is 0 Å². The molecule has 1 fully saturated rings. The molecule has 6 heteroatoms. The topological polar surface area (TPSA) is 57.6 Å². The van der Waals surface area contributed by atoms with Crippen molar-refractivity contribution in [2.24, 2.45) is 0 Å². The number of hydrogen-bond acceptors (Lipinski definition) is 3. The Hall–Kier alpha value is -1.20. The molecule has 1 aliphatic rings. The van der Waals surface area contributed by atoms with Gasteiger partial charge < -0.3 is 10.0 Å². The normalized spacial score (nSPS) is 22.5. The molecule has 0 spiro atoms. The van der Waals surface area contributed by atoms with Crippen molar-refractivity contribution in [1.29, 1.82) is 0 Å². The van der Waals surface area contributed by atoms with Gasteiger partial charge in [-0.3, -0.25) is 4.79 Å². The molecule has 0 aromatic heterocycles. The minimum Gasteiger partial charge on any atom is -0.480 e. The van der Waals surface area contributed by atoms with Gasteiger partial charge in [0.15, 0.2) is 0 Å². The summed E-state index contributed by atoms with van der Waals surface area (Å²) >= 11 is 7.51. The van der Waals surface area contributed by atoms with Crippen molar-refractivity contribution >= 4 is 35.2 Å². The number of thioether (sulfide) groups is 1. The van der Waals surface area contributed by atoms with Crippen LogP contribution in [0, 0.1) is 0 Å². The fourth-order valence-corrected chi connectivity index (χ4v) is 3.68. The molecule has 0 radical (unpaired) electrons. The quantitative estimate of drug-likeness (QED) is 0.932. The fraction of sp³-hybridized carbons (Fsp3) is 0.385. The van der Waals surface area contributed by atoms with E-state index in [1.54, 1.807) is 24.3 Å². The predicted molar refractivity (Wildman–Crippen MR) is 75.6 cm³/mol. The van der Waals surface area contributed by atoms with E-state index in [0.717, 1.165) is 0 Å². The van der Waals surface area contributed by atoms with E-state index in [1.807, 2.05) is 6.92 Å². The van der Waals surface area contributed by atoms with Crippen molar-refractivity contribution in [1.82, 2.24) is 4.90 Å². The Bertz CT molecular complexity index is 508. The molecule has 1 N–H and O–H groups in total. The molecule has 102 valence electrons. The average Bonchev–Trinajstić information content (AvgIpc) is 2.82. The first-order valence-corrected chi connectivity index (χ1v) is 7.40. The van der Waals surface area contributed by atoms with Crippen molar-refractivity contribution < 1.29 is 14.7 Å². The van der Waals surface area contributed by atoms with E-state index in [-0.39, 0.29) is 11.3 Å². The highest BCUT2D eigenvalue weighted by Gasteiger charge is 2.41. The van der Waals surface area contributed by atoms with Crippen molar-refractivity contribution in [3.8, 4) is 0 Å². The first-order valence-electron chi connectivity index (χ1n) is 5.97. The number of halogens is 1. The summed E-state index contributed by atoms with van der Waals surface area (Å²) in [4.78, 5) is 25.2. The molecular weight excluding hydrogens is 286 g/mol. The maximum Gasteiger partial charge on any atom is 0.327 e. The third kappa shape index (κ3) is 2.72. The molecule has 1 saturated heterocycles. The summed E-state index contributed by atoms with van der Waals surface area (Å²) < 4.78 is 0. The van der Waals surface area contributed by atoms with Gasteiger partial charge >= 0.3 is 5.97 Å². The SMILES string of the molecule is CCC1SCC(C(=O)O)N1C(=O)c1ccccc1Cl. The summed E-state index contributed by atoms with van der Waals surface area (Å²) in [5.41, 5.74) is 0.358. The van der Waals surface area contributed by atoms with Gasteiger partial charge in [-0.2, -0.15) is 0 Å². The second-order valence-corrected chi connectivity index (χ2v) is 5.86. The monoisotopic (exact) mass is 299 g/mol. The second-order valence-electron chi connectivity index (χ2n) is 4.24. The van der Waals surface area contributed by atoms with Gasteiger partial charge in [0, 0.05) is 5.75 Å². The highest BCUT2D eigenvalue weighted by molar-refractivity contribution is 8.00. The van der Waals surface area contributed by atoms with E-state index in [2.05, 4.69) is 0 Å². The third-order valence-corrected chi connectivity index (χ3v) is 4.85. The molecule has 1 aromatic rings. The summed E-state index contributed by atoms with van der Waals surface area (Å²) in [6.45, 7) is 1.94. The number of amides is 1. The number of benzene rings is 1. The number of aliphatic carboxylic acids is 1. The zero-order valence-corrected chi connectivity index (χ0v) is 11.9. The molecule has 0 aliphatic carbocycles. The molecule has 19 heavy (non-hydrogen) atoms. The molecule has 2 rings (SSSR count). The van der Waals surface area contributed by atoms with Crippen molar-refractivity contribution in [3.63, 3.8) is 0 Å². The highest BCUT2D eigenvalue weighted by atomic mass is 35.5. The predicted octanol–water partition coefficient (Wildman–Crippen LogP) is 2.72. The smallest absolute Gasteiger partial charge is 0.327 e. The maximum atomic E-state index is 12.5. The molecular formula is C13H14ClNO3S. The van der Waals surface area contributed by atoms with Crippen LogP contribution in [0.15, 0.2) is 24.3 Å². The van der Waals surface area contributed by atoms with Gasteiger partial charge in [-0.25, -0.2) is 4.79 Å². The van der Waals surface area contributed by atoms with Crippen LogP contribution in [0.25, 0.3) is 0 Å². The summed E-state index contributed by atoms with van der Waals surface area (Å²) in [5.74, 6) is -0.858. The Morgan fingerprint density at radius 2 is 2.16 bits per heavy atom. The van der Waals surface area contributed by atoms with Crippen LogP contribution in [-0.4, -0.2) is 39.1 Å². The zero-order chi connectivity index (χ0) is 14.0. The Balaban J connectivity index is 2.34. The fourth-order valence-electron chi connectivity index (χ4n) is 2.11. The van der Waals surface area contributed by atoms with Gasteiger partial charge in [-0.05, 0) is 18.6 Å². The average molecular weight is 300 g/mol. The molecule has 1 amide bonds. The van der Waals surface area contributed by atoms with Gasteiger partial charge in [0.2, 0.25) is 0 Å². The Kier molecular flexibility index (Phi) is 4.37. The van der Waals surface area contributed by atoms with Crippen LogP contribution >= 0.6 is 23.4 Å². The van der Waals surface area contributed by atoms with Gasteiger partial charge in [0.1, 0.15) is 6.04 Å². The van der Waals surface area contributed by atoms with E-state index in [4.69, 9.17) is 11.6 Å². The lowest BCUT2D eigenvalue weighted by molar-refractivity contribution is -0.141. The number of carbonyl (C=O) groups is 2. The lowest BCUT2D eigenvalue weighted by Gasteiger charge is -2.27. The van der Waals surface area contributed by atoms with Gasteiger partial charge in [0.25, 0.3) is 5.91 Å². The Morgan fingerprint density at radius 3 is 2.74 bits per heavy atom. The largest absolute Gasteiger partial charge is 0.480 e. The minimum atomic E-state index is -0.969. The van der Waals surface area contributed by atoms with Gasteiger partial charge in [0.05, 0.1) is 16.0 Å². The number of carboxylic acids is 1. The van der Waals surface area contributed by atoms with Crippen molar-refractivity contribution in [2.75, 3.05) is 5.75 Å². The standard InChI is InChI=1S/C13H14ClNO3S/c1-2-11-15(10(7-19-11)13(17)18)12(16)8-5-3-4-6-9(8)14/h3-6,10-11H,2,7H2,1H3,(H,17,18). The summed E-state index contributed by atoms with van der Waals surface area (Å²) in [6.07, 6.45) is 0.713. The number of rotatable bonds is 3. The first kappa shape index (κ1) is 14.2. The van der Waals surface area contributed by atoms with E-state index < -0.39 is 12.0 Å². The van der Waals surface area contributed by atoms with Crippen LogP contribution in [0.4, 0.5) is 0 Å². The molecule has 2 unspecified atom stereocenters. The minimum absolute atomic E-state index is 0.107. The van der Waals surface area contributed by atoms with E-state index in [0.29, 0.717) is 22.8 Å². The van der Waals surface area contributed by atoms with Crippen molar-refractivity contribution in [3.05, 3.63) is 34.9 Å². The summed E-state index contributed by atoms with van der Waals surface area (Å²) in [6, 6.07) is 5.94. The second kappa shape index (κ2) is 5.84. The Labute approximate surface area is 120 Å². The molecule has 1 heterocycles. The third-order valence-electron chi connectivity index (χ3n) is 3.07. The highest BCUT2D eigenvalue weighted by Crippen LogP contribution is 2.33. The van der Waals surface area contributed by atoms with Crippen LogP contribution in [0.2, 0.25) is 5.02 Å². The van der Waals surface area contributed by atoms with Gasteiger partial charge in [-0.1, -0.05) is 30.7 Å². The van der Waals surface area contributed by atoms with Crippen LogP contribution in [0.1, 0.15) is 23.7 Å².